The van der Waals surface area contributed by atoms with Crippen LogP contribution in [0.1, 0.15) is 43.0 Å². The van der Waals surface area contributed by atoms with Gasteiger partial charge in [-0.15, -0.1) is 0 Å². The van der Waals surface area contributed by atoms with E-state index in [1.54, 1.807) is 31.4 Å². The number of benzene rings is 1. The maximum absolute atomic E-state index is 12.5. The molecular weight excluding hydrogens is 292 g/mol. The van der Waals surface area contributed by atoms with Crippen LogP contribution in [0.3, 0.4) is 0 Å². The SMILES string of the molecule is CCCCCC(=O)N1CCN(C(=O)c2ccc(OC)cc2)CC1. The van der Waals surface area contributed by atoms with E-state index in [2.05, 4.69) is 6.92 Å². The molecule has 0 N–H and O–H groups in total. The summed E-state index contributed by atoms with van der Waals surface area (Å²) in [5.74, 6) is 0.977. The van der Waals surface area contributed by atoms with E-state index in [1.165, 1.54) is 0 Å². The lowest BCUT2D eigenvalue weighted by Crippen LogP contribution is -2.50. The summed E-state index contributed by atoms with van der Waals surface area (Å²) in [4.78, 5) is 28.3. The molecule has 0 aliphatic carbocycles. The fourth-order valence-corrected chi connectivity index (χ4v) is 2.76. The smallest absolute Gasteiger partial charge is 0.253 e. The minimum atomic E-state index is 0.0192. The van der Waals surface area contributed by atoms with Crippen LogP contribution in [0, 0.1) is 0 Å². The van der Waals surface area contributed by atoms with E-state index in [0.717, 1.165) is 25.0 Å². The van der Waals surface area contributed by atoms with Crippen molar-refractivity contribution in [1.82, 2.24) is 9.80 Å². The van der Waals surface area contributed by atoms with Crippen LogP contribution >= 0.6 is 0 Å². The van der Waals surface area contributed by atoms with Crippen molar-refractivity contribution < 1.29 is 14.3 Å². The van der Waals surface area contributed by atoms with Crippen LogP contribution in [-0.4, -0.2) is 54.9 Å². The summed E-state index contributed by atoms with van der Waals surface area (Å²) in [7, 11) is 1.60. The first-order valence-electron chi connectivity index (χ1n) is 8.36. The molecule has 1 saturated heterocycles. The maximum Gasteiger partial charge on any atom is 0.253 e. The number of methoxy groups -OCH3 is 1. The minimum Gasteiger partial charge on any atom is -0.497 e. The molecule has 5 heteroatoms. The van der Waals surface area contributed by atoms with Crippen LogP contribution in [0.25, 0.3) is 0 Å². The summed E-state index contributed by atoms with van der Waals surface area (Å²) >= 11 is 0. The van der Waals surface area contributed by atoms with Crippen molar-refractivity contribution in [2.45, 2.75) is 32.6 Å². The van der Waals surface area contributed by atoms with Gasteiger partial charge in [-0.05, 0) is 30.7 Å². The van der Waals surface area contributed by atoms with Gasteiger partial charge in [0.15, 0.2) is 0 Å². The number of ether oxygens (including phenoxy) is 1. The summed E-state index contributed by atoms with van der Waals surface area (Å²) in [5, 5.41) is 0. The van der Waals surface area contributed by atoms with E-state index in [-0.39, 0.29) is 11.8 Å². The number of hydrogen-bond acceptors (Lipinski definition) is 3. The van der Waals surface area contributed by atoms with Crippen molar-refractivity contribution in [2.75, 3.05) is 33.3 Å². The molecule has 23 heavy (non-hydrogen) atoms. The predicted molar refractivity (Wildman–Crippen MR) is 89.6 cm³/mol. The molecule has 0 spiro atoms. The number of unbranched alkanes of at least 4 members (excludes halogenated alkanes) is 2. The van der Waals surface area contributed by atoms with Gasteiger partial charge in [0.05, 0.1) is 7.11 Å². The first-order chi connectivity index (χ1) is 11.2. The number of amides is 2. The Labute approximate surface area is 138 Å². The van der Waals surface area contributed by atoms with Gasteiger partial charge < -0.3 is 14.5 Å². The molecule has 0 saturated carbocycles. The van der Waals surface area contributed by atoms with Crippen molar-refractivity contribution in [3.8, 4) is 5.75 Å². The van der Waals surface area contributed by atoms with Gasteiger partial charge in [-0.1, -0.05) is 19.8 Å². The second-order valence-electron chi connectivity index (χ2n) is 5.86. The van der Waals surface area contributed by atoms with E-state index in [0.29, 0.717) is 38.2 Å². The molecule has 1 heterocycles. The Morgan fingerprint density at radius 3 is 2.17 bits per heavy atom. The minimum absolute atomic E-state index is 0.0192. The third-order valence-electron chi connectivity index (χ3n) is 4.25. The van der Waals surface area contributed by atoms with Crippen LogP contribution in [-0.2, 0) is 4.79 Å². The van der Waals surface area contributed by atoms with Crippen molar-refractivity contribution in [3.63, 3.8) is 0 Å². The van der Waals surface area contributed by atoms with Crippen molar-refractivity contribution >= 4 is 11.8 Å². The highest BCUT2D eigenvalue weighted by Gasteiger charge is 2.24. The van der Waals surface area contributed by atoms with Crippen molar-refractivity contribution in [1.29, 1.82) is 0 Å². The number of piperazine rings is 1. The van der Waals surface area contributed by atoms with Gasteiger partial charge in [-0.2, -0.15) is 0 Å². The number of carbonyl (C=O) groups is 2. The van der Waals surface area contributed by atoms with Crippen LogP contribution in [0.2, 0.25) is 0 Å². The Morgan fingerprint density at radius 1 is 1.00 bits per heavy atom. The summed E-state index contributed by atoms with van der Waals surface area (Å²) in [6.45, 7) is 4.60. The standard InChI is InChI=1S/C18H26N2O3/c1-3-4-5-6-17(21)19-11-13-20(14-12-19)18(22)15-7-9-16(23-2)10-8-15/h7-10H,3-6,11-14H2,1-2H3. The average molecular weight is 318 g/mol. The fraction of sp³-hybridized carbons (Fsp3) is 0.556. The number of nitrogens with zero attached hydrogens (tertiary/aromatic N) is 2. The quantitative estimate of drug-likeness (QED) is 0.758. The molecule has 0 bridgehead atoms. The van der Waals surface area contributed by atoms with Gasteiger partial charge >= 0.3 is 0 Å². The lowest BCUT2D eigenvalue weighted by molar-refractivity contribution is -0.132. The van der Waals surface area contributed by atoms with Crippen LogP contribution < -0.4 is 4.74 Å². The molecule has 5 nitrogen and oxygen atoms in total. The number of hydrogen-bond donors (Lipinski definition) is 0. The number of carbonyl (C=O) groups excluding carboxylic acids is 2. The zero-order valence-corrected chi connectivity index (χ0v) is 14.1. The zero-order chi connectivity index (χ0) is 16.7. The molecule has 1 aliphatic heterocycles. The predicted octanol–water partition coefficient (Wildman–Crippen LogP) is 2.56. The van der Waals surface area contributed by atoms with Gasteiger partial charge in [0.25, 0.3) is 5.91 Å². The molecule has 2 rings (SSSR count). The Hall–Kier alpha value is -2.04. The molecule has 1 fully saturated rings. The van der Waals surface area contributed by atoms with Crippen molar-refractivity contribution in [3.05, 3.63) is 29.8 Å². The summed E-state index contributed by atoms with van der Waals surface area (Å²) in [6, 6.07) is 7.15. The summed E-state index contributed by atoms with van der Waals surface area (Å²) in [6.07, 6.45) is 3.81. The van der Waals surface area contributed by atoms with E-state index in [1.807, 2.05) is 9.80 Å². The second kappa shape index (κ2) is 8.56. The molecule has 2 amide bonds. The van der Waals surface area contributed by atoms with E-state index < -0.39 is 0 Å². The lowest BCUT2D eigenvalue weighted by Gasteiger charge is -2.35. The highest BCUT2D eigenvalue weighted by molar-refractivity contribution is 5.94. The van der Waals surface area contributed by atoms with Crippen LogP contribution in [0.5, 0.6) is 5.75 Å². The number of rotatable bonds is 6. The fourth-order valence-electron chi connectivity index (χ4n) is 2.76. The molecule has 126 valence electrons. The summed E-state index contributed by atoms with van der Waals surface area (Å²) in [5.41, 5.74) is 0.661. The highest BCUT2D eigenvalue weighted by atomic mass is 16.5. The van der Waals surface area contributed by atoms with Crippen LogP contribution in [0.15, 0.2) is 24.3 Å². The molecule has 0 radical (unpaired) electrons. The third kappa shape index (κ3) is 4.71. The molecule has 1 aromatic carbocycles. The third-order valence-corrected chi connectivity index (χ3v) is 4.25. The molecule has 0 aromatic heterocycles. The van der Waals surface area contributed by atoms with Crippen LogP contribution in [0.4, 0.5) is 0 Å². The molecule has 1 aliphatic rings. The van der Waals surface area contributed by atoms with Gasteiger partial charge in [-0.3, -0.25) is 9.59 Å². The zero-order valence-electron chi connectivity index (χ0n) is 14.1. The average Bonchev–Trinajstić information content (AvgIpc) is 2.61. The highest BCUT2D eigenvalue weighted by Crippen LogP contribution is 2.15. The Morgan fingerprint density at radius 2 is 1.61 bits per heavy atom. The Kier molecular flexibility index (Phi) is 6.44. The molecule has 1 aromatic rings. The topological polar surface area (TPSA) is 49.9 Å². The van der Waals surface area contributed by atoms with Gasteiger partial charge in [-0.25, -0.2) is 0 Å². The second-order valence-corrected chi connectivity index (χ2v) is 5.86. The Bertz CT molecular complexity index is 520. The maximum atomic E-state index is 12.5. The molecule has 0 atom stereocenters. The van der Waals surface area contributed by atoms with Gasteiger partial charge in [0, 0.05) is 38.2 Å². The molecular formula is C18H26N2O3. The first-order valence-corrected chi connectivity index (χ1v) is 8.36. The Balaban J connectivity index is 1.83. The van der Waals surface area contributed by atoms with E-state index >= 15 is 0 Å². The monoisotopic (exact) mass is 318 g/mol. The normalized spacial score (nSPS) is 14.7. The lowest BCUT2D eigenvalue weighted by atomic mass is 10.1. The first kappa shape index (κ1) is 17.3. The van der Waals surface area contributed by atoms with E-state index in [4.69, 9.17) is 4.74 Å². The van der Waals surface area contributed by atoms with Gasteiger partial charge in [0.1, 0.15) is 5.75 Å². The van der Waals surface area contributed by atoms with Gasteiger partial charge in [0.2, 0.25) is 5.91 Å². The largest absolute Gasteiger partial charge is 0.497 e. The van der Waals surface area contributed by atoms with Crippen molar-refractivity contribution in [2.24, 2.45) is 0 Å². The molecule has 0 unspecified atom stereocenters. The van der Waals surface area contributed by atoms with E-state index in [9.17, 15) is 9.59 Å². The summed E-state index contributed by atoms with van der Waals surface area (Å²) < 4.78 is 5.11.